The molecule has 0 saturated heterocycles. The molecule has 2 aromatic carbocycles. The van der Waals surface area contributed by atoms with Crippen molar-refractivity contribution in [1.29, 1.82) is 0 Å². The minimum absolute atomic E-state index is 0.0408. The first-order chi connectivity index (χ1) is 13.4. The van der Waals surface area contributed by atoms with Crippen molar-refractivity contribution in [1.82, 2.24) is 4.57 Å². The Balaban J connectivity index is 2.02. The highest BCUT2D eigenvalue weighted by Crippen LogP contribution is 2.23. The maximum absolute atomic E-state index is 12.6. The number of fused-ring (bicyclic) bond motifs is 1. The molecule has 0 fully saturated rings. The summed E-state index contributed by atoms with van der Waals surface area (Å²) in [7, 11) is 0. The summed E-state index contributed by atoms with van der Waals surface area (Å²) < 4.78 is 2.73. The van der Waals surface area contributed by atoms with Crippen LogP contribution in [0.25, 0.3) is 10.2 Å². The van der Waals surface area contributed by atoms with E-state index in [1.165, 1.54) is 17.4 Å². The Hall–Kier alpha value is -2.45. The highest BCUT2D eigenvalue weighted by atomic mass is 32.2. The monoisotopic (exact) mass is 415 g/mol. The molecule has 0 aliphatic heterocycles. The van der Waals surface area contributed by atoms with Crippen LogP contribution in [0.3, 0.4) is 0 Å². The molecule has 3 aromatic rings. The summed E-state index contributed by atoms with van der Waals surface area (Å²) in [6, 6.07) is 10.8. The molecule has 146 valence electrons. The van der Waals surface area contributed by atoms with Gasteiger partial charge >= 0.3 is 0 Å². The minimum Gasteiger partial charge on any atom is -0.316 e. The topological polar surface area (TPSA) is 77.5 Å². The van der Waals surface area contributed by atoms with Gasteiger partial charge < -0.3 is 4.57 Å². The molecular formula is C20H21N3O3S2. The number of aromatic nitrogens is 1. The van der Waals surface area contributed by atoms with Crippen LogP contribution in [0.4, 0.5) is 5.69 Å². The molecule has 0 saturated carbocycles. The van der Waals surface area contributed by atoms with E-state index in [9.17, 15) is 14.9 Å². The number of thioether (sulfide) groups is 1. The average molecular weight is 416 g/mol. The van der Waals surface area contributed by atoms with Crippen molar-refractivity contribution in [2.75, 3.05) is 12.0 Å². The summed E-state index contributed by atoms with van der Waals surface area (Å²) in [5.74, 6) is 0.647. The van der Waals surface area contributed by atoms with Gasteiger partial charge in [-0.15, -0.1) is 0 Å². The number of carbonyl (C=O) groups is 1. The molecule has 0 aliphatic rings. The smallest absolute Gasteiger partial charge is 0.270 e. The van der Waals surface area contributed by atoms with E-state index in [1.807, 2.05) is 42.9 Å². The minimum atomic E-state index is -0.409. The van der Waals surface area contributed by atoms with E-state index in [0.29, 0.717) is 11.3 Å². The Labute approximate surface area is 171 Å². The fraction of sp³-hybridized carbons (Fsp3) is 0.300. The van der Waals surface area contributed by atoms with Gasteiger partial charge in [0.2, 0.25) is 0 Å². The van der Waals surface area contributed by atoms with Gasteiger partial charge in [0.1, 0.15) is 0 Å². The van der Waals surface area contributed by atoms with Gasteiger partial charge in [-0.25, -0.2) is 0 Å². The first-order valence-corrected chi connectivity index (χ1v) is 11.0. The van der Waals surface area contributed by atoms with Gasteiger partial charge in [-0.1, -0.05) is 35.1 Å². The van der Waals surface area contributed by atoms with Gasteiger partial charge in [-0.3, -0.25) is 14.9 Å². The van der Waals surface area contributed by atoms with Gasteiger partial charge in [0.15, 0.2) is 4.80 Å². The van der Waals surface area contributed by atoms with Gasteiger partial charge in [0, 0.05) is 24.4 Å². The Morgan fingerprint density at radius 1 is 1.25 bits per heavy atom. The summed E-state index contributed by atoms with van der Waals surface area (Å²) in [6.45, 7) is 4.67. The maximum atomic E-state index is 12.6. The molecule has 0 unspecified atom stereocenters. The lowest BCUT2D eigenvalue weighted by atomic mass is 10.0. The quantitative estimate of drug-likeness (QED) is 0.445. The van der Waals surface area contributed by atoms with Crippen LogP contribution >= 0.6 is 23.1 Å². The van der Waals surface area contributed by atoms with Gasteiger partial charge in [-0.05, 0) is 37.3 Å². The number of thiazole rings is 1. The van der Waals surface area contributed by atoms with Gasteiger partial charge in [-0.2, -0.15) is 16.8 Å². The zero-order valence-electron chi connectivity index (χ0n) is 16.0. The van der Waals surface area contributed by atoms with E-state index in [1.54, 1.807) is 23.9 Å². The van der Waals surface area contributed by atoms with E-state index in [0.717, 1.165) is 32.7 Å². The molecule has 0 N–H and O–H groups in total. The standard InChI is InChI=1S/C20H21N3O3S2/c1-13-4-5-14(2)15(10-13)11-19(24)21-20-22(8-9-27-3)17-7-6-16(23(25)26)12-18(17)28-20/h4-7,10,12H,8-9,11H2,1-3H3. The predicted octanol–water partition coefficient (Wildman–Crippen LogP) is 4.26. The summed E-state index contributed by atoms with van der Waals surface area (Å²) in [5, 5.41) is 11.1. The van der Waals surface area contributed by atoms with Crippen LogP contribution in [0.2, 0.25) is 0 Å². The molecule has 0 spiro atoms. The number of benzene rings is 2. The molecule has 1 aromatic heterocycles. The number of hydrogen-bond acceptors (Lipinski definition) is 5. The van der Waals surface area contributed by atoms with Crippen molar-refractivity contribution in [2.24, 2.45) is 4.99 Å². The van der Waals surface area contributed by atoms with Crippen LogP contribution in [-0.2, 0) is 17.8 Å². The summed E-state index contributed by atoms with van der Waals surface area (Å²) in [5.41, 5.74) is 4.05. The average Bonchev–Trinajstić information content (AvgIpc) is 2.98. The number of aryl methyl sites for hydroxylation is 3. The molecule has 6 nitrogen and oxygen atoms in total. The van der Waals surface area contributed by atoms with Crippen LogP contribution in [0, 0.1) is 24.0 Å². The normalized spacial score (nSPS) is 11.9. The van der Waals surface area contributed by atoms with Crippen LogP contribution in [0.5, 0.6) is 0 Å². The lowest BCUT2D eigenvalue weighted by Crippen LogP contribution is -2.18. The van der Waals surface area contributed by atoms with Gasteiger partial charge in [0.05, 0.1) is 21.6 Å². The molecule has 8 heteroatoms. The van der Waals surface area contributed by atoms with E-state index in [-0.39, 0.29) is 18.0 Å². The highest BCUT2D eigenvalue weighted by Gasteiger charge is 2.13. The Morgan fingerprint density at radius 3 is 2.75 bits per heavy atom. The number of rotatable bonds is 6. The molecule has 1 heterocycles. The van der Waals surface area contributed by atoms with E-state index in [2.05, 4.69) is 4.99 Å². The third-order valence-corrected chi connectivity index (χ3v) is 6.09. The molecule has 1 amide bonds. The number of nitro groups is 1. The number of carbonyl (C=O) groups excluding carboxylic acids is 1. The molecule has 28 heavy (non-hydrogen) atoms. The molecule has 0 radical (unpaired) electrons. The SMILES string of the molecule is CSCCn1c(=NC(=O)Cc2cc(C)ccc2C)sc2cc([N+](=O)[O-])ccc21. The third kappa shape index (κ3) is 4.51. The number of nitro benzene ring substituents is 1. The maximum Gasteiger partial charge on any atom is 0.270 e. The van der Waals surface area contributed by atoms with Crippen LogP contribution in [0.15, 0.2) is 41.4 Å². The molecule has 3 rings (SSSR count). The fourth-order valence-electron chi connectivity index (χ4n) is 2.96. The Morgan fingerprint density at radius 2 is 2.04 bits per heavy atom. The third-order valence-electron chi connectivity index (χ3n) is 4.46. The Bertz CT molecular complexity index is 1120. The van der Waals surface area contributed by atoms with Crippen molar-refractivity contribution in [3.63, 3.8) is 0 Å². The number of non-ortho nitro benzene ring substituents is 1. The lowest BCUT2D eigenvalue weighted by molar-refractivity contribution is -0.384. The second-order valence-corrected chi connectivity index (χ2v) is 8.55. The van der Waals surface area contributed by atoms with E-state index >= 15 is 0 Å². The van der Waals surface area contributed by atoms with Crippen molar-refractivity contribution >= 4 is 44.9 Å². The van der Waals surface area contributed by atoms with Gasteiger partial charge in [0.25, 0.3) is 11.6 Å². The number of nitrogens with zero attached hydrogens (tertiary/aromatic N) is 3. The van der Waals surface area contributed by atoms with E-state index in [4.69, 9.17) is 0 Å². The second kappa shape index (κ2) is 8.70. The number of amides is 1. The van der Waals surface area contributed by atoms with E-state index < -0.39 is 4.92 Å². The summed E-state index contributed by atoms with van der Waals surface area (Å²) >= 11 is 3.01. The molecule has 0 bridgehead atoms. The molecule has 0 atom stereocenters. The molecule has 0 aliphatic carbocycles. The predicted molar refractivity (Wildman–Crippen MR) is 115 cm³/mol. The Kier molecular flexibility index (Phi) is 6.31. The van der Waals surface area contributed by atoms with Crippen molar-refractivity contribution in [2.45, 2.75) is 26.8 Å². The van der Waals surface area contributed by atoms with Crippen molar-refractivity contribution < 1.29 is 9.72 Å². The van der Waals surface area contributed by atoms with Crippen molar-refractivity contribution in [3.05, 3.63) is 68.0 Å². The van der Waals surface area contributed by atoms with Crippen LogP contribution < -0.4 is 4.80 Å². The molecular weight excluding hydrogens is 394 g/mol. The first kappa shape index (κ1) is 20.3. The van der Waals surface area contributed by atoms with Crippen LogP contribution in [0.1, 0.15) is 16.7 Å². The second-order valence-electron chi connectivity index (χ2n) is 6.55. The fourth-order valence-corrected chi connectivity index (χ4v) is 4.43. The van der Waals surface area contributed by atoms with Crippen molar-refractivity contribution in [3.8, 4) is 0 Å². The largest absolute Gasteiger partial charge is 0.316 e. The zero-order valence-corrected chi connectivity index (χ0v) is 17.6. The zero-order chi connectivity index (χ0) is 20.3. The first-order valence-electron chi connectivity index (χ1n) is 8.79. The summed E-state index contributed by atoms with van der Waals surface area (Å²) in [4.78, 5) is 28.2. The summed E-state index contributed by atoms with van der Waals surface area (Å²) in [6.07, 6.45) is 2.26. The van der Waals surface area contributed by atoms with Crippen LogP contribution in [-0.4, -0.2) is 27.4 Å². The highest BCUT2D eigenvalue weighted by molar-refractivity contribution is 7.98. The lowest BCUT2D eigenvalue weighted by Gasteiger charge is -2.05. The number of hydrogen-bond donors (Lipinski definition) is 0.